The Morgan fingerprint density at radius 1 is 1.19 bits per heavy atom. The predicted molar refractivity (Wildman–Crippen MR) is 105 cm³/mol. The lowest BCUT2D eigenvalue weighted by atomic mass is 10.1. The average Bonchev–Trinajstić information content (AvgIpc) is 3.10. The molecule has 3 aromatic rings. The van der Waals surface area contributed by atoms with Crippen LogP contribution in [0, 0.1) is 11.3 Å². The van der Waals surface area contributed by atoms with E-state index < -0.39 is 5.91 Å². The number of hydrogen-bond donors (Lipinski definition) is 2. The molecule has 0 radical (unpaired) electrons. The summed E-state index contributed by atoms with van der Waals surface area (Å²) in [6.45, 7) is 0.440. The number of para-hydroxylation sites is 1. The molecule has 0 spiro atoms. The molecule has 2 N–H and O–H groups in total. The highest BCUT2D eigenvalue weighted by atomic mass is 32.2. The smallest absolute Gasteiger partial charge is 0.275 e. The second-order valence-corrected chi connectivity index (χ2v) is 6.83. The van der Waals surface area contributed by atoms with Crippen molar-refractivity contribution in [3.8, 4) is 17.5 Å². The molecule has 0 saturated heterocycles. The van der Waals surface area contributed by atoms with E-state index in [-0.39, 0.29) is 11.4 Å². The molecule has 2 aromatic carbocycles. The highest BCUT2D eigenvalue weighted by Gasteiger charge is 2.16. The van der Waals surface area contributed by atoms with Crippen LogP contribution in [0.4, 0.5) is 0 Å². The molecule has 0 aliphatic rings. The fourth-order valence-electron chi connectivity index (χ4n) is 2.50. The molecule has 0 saturated carbocycles. The standard InChI is InChI=1S/C20H18N4O2S/c21-12-15-6-4-5-7-16(15)14-27-11-10-22-20(26)19-18(25)13-24(23-19)17-8-2-1-3-9-17/h1-9,13,25H,10-11,14H2,(H,22,26). The SMILES string of the molecule is N#Cc1ccccc1CSCCNC(=O)c1nn(-c2ccccc2)cc1O. The topological polar surface area (TPSA) is 90.9 Å². The molecule has 0 bridgehead atoms. The van der Waals surface area contributed by atoms with Crippen molar-refractivity contribution in [2.24, 2.45) is 0 Å². The number of amides is 1. The molecule has 3 rings (SSSR count). The third-order valence-corrected chi connectivity index (χ3v) is 4.87. The first kappa shape index (κ1) is 18.5. The Morgan fingerprint density at radius 2 is 1.93 bits per heavy atom. The van der Waals surface area contributed by atoms with E-state index in [4.69, 9.17) is 5.26 Å². The van der Waals surface area contributed by atoms with Gasteiger partial charge in [-0.15, -0.1) is 0 Å². The Labute approximate surface area is 161 Å². The summed E-state index contributed by atoms with van der Waals surface area (Å²) in [5, 5.41) is 26.0. The van der Waals surface area contributed by atoms with Crippen LogP contribution >= 0.6 is 11.8 Å². The largest absolute Gasteiger partial charge is 0.504 e. The number of nitrogens with one attached hydrogen (secondary N) is 1. The van der Waals surface area contributed by atoms with Crippen molar-refractivity contribution in [1.82, 2.24) is 15.1 Å². The number of aromatic nitrogens is 2. The maximum Gasteiger partial charge on any atom is 0.275 e. The van der Waals surface area contributed by atoms with Crippen molar-refractivity contribution in [3.05, 3.63) is 77.6 Å². The summed E-state index contributed by atoms with van der Waals surface area (Å²) in [7, 11) is 0. The van der Waals surface area contributed by atoms with Crippen molar-refractivity contribution in [2.45, 2.75) is 5.75 Å². The van der Waals surface area contributed by atoms with Crippen LogP contribution in [0.5, 0.6) is 5.75 Å². The van der Waals surface area contributed by atoms with E-state index in [0.29, 0.717) is 23.6 Å². The van der Waals surface area contributed by atoms with Crippen LogP contribution in [-0.2, 0) is 5.75 Å². The Balaban J connectivity index is 1.50. The Kier molecular flexibility index (Phi) is 6.13. The first-order valence-electron chi connectivity index (χ1n) is 8.37. The Bertz CT molecular complexity index is 964. The number of rotatable bonds is 7. The molecule has 0 fully saturated rings. The first-order chi connectivity index (χ1) is 13.2. The van der Waals surface area contributed by atoms with Gasteiger partial charge < -0.3 is 10.4 Å². The van der Waals surface area contributed by atoms with E-state index in [1.165, 1.54) is 10.9 Å². The summed E-state index contributed by atoms with van der Waals surface area (Å²) in [5.74, 6) is 0.811. The van der Waals surface area contributed by atoms with Crippen molar-refractivity contribution in [3.63, 3.8) is 0 Å². The number of hydrogen-bond acceptors (Lipinski definition) is 5. The number of carbonyl (C=O) groups is 1. The third-order valence-electron chi connectivity index (χ3n) is 3.86. The lowest BCUT2D eigenvalue weighted by Gasteiger charge is -2.05. The zero-order valence-corrected chi connectivity index (χ0v) is 15.3. The summed E-state index contributed by atoms with van der Waals surface area (Å²) in [6, 6.07) is 18.9. The predicted octanol–water partition coefficient (Wildman–Crippen LogP) is 3.11. The normalized spacial score (nSPS) is 10.3. The summed E-state index contributed by atoms with van der Waals surface area (Å²) in [4.78, 5) is 12.2. The monoisotopic (exact) mass is 378 g/mol. The minimum Gasteiger partial charge on any atom is -0.504 e. The van der Waals surface area contributed by atoms with Crippen molar-refractivity contribution in [2.75, 3.05) is 12.3 Å². The van der Waals surface area contributed by atoms with Gasteiger partial charge in [0.1, 0.15) is 0 Å². The lowest BCUT2D eigenvalue weighted by Crippen LogP contribution is -2.26. The van der Waals surface area contributed by atoms with Crippen LogP contribution < -0.4 is 5.32 Å². The van der Waals surface area contributed by atoms with Crippen LogP contribution in [-0.4, -0.2) is 33.1 Å². The molecule has 1 heterocycles. The van der Waals surface area contributed by atoms with Gasteiger partial charge in [-0.3, -0.25) is 4.79 Å². The number of nitriles is 1. The maximum atomic E-state index is 12.2. The minimum absolute atomic E-state index is 0.00122. The number of aromatic hydroxyl groups is 1. The second kappa shape index (κ2) is 8.92. The van der Waals surface area contributed by atoms with Crippen molar-refractivity contribution in [1.29, 1.82) is 5.26 Å². The first-order valence-corrected chi connectivity index (χ1v) is 9.52. The molecule has 136 valence electrons. The molecule has 6 nitrogen and oxygen atoms in total. The van der Waals surface area contributed by atoms with Gasteiger partial charge >= 0.3 is 0 Å². The van der Waals surface area contributed by atoms with Crippen LogP contribution in [0.3, 0.4) is 0 Å². The molecular formula is C20H18N4O2S. The average molecular weight is 378 g/mol. The van der Waals surface area contributed by atoms with Crippen molar-refractivity contribution >= 4 is 17.7 Å². The summed E-state index contributed by atoms with van der Waals surface area (Å²) in [6.07, 6.45) is 1.41. The molecule has 0 aliphatic carbocycles. The third kappa shape index (κ3) is 4.68. The lowest BCUT2D eigenvalue weighted by molar-refractivity contribution is 0.0948. The highest BCUT2D eigenvalue weighted by Crippen LogP contribution is 2.18. The van der Waals surface area contributed by atoms with Gasteiger partial charge in [-0.25, -0.2) is 4.68 Å². The number of benzene rings is 2. The van der Waals surface area contributed by atoms with Gasteiger partial charge in [-0.05, 0) is 23.8 Å². The van der Waals surface area contributed by atoms with Gasteiger partial charge in [0.2, 0.25) is 0 Å². The zero-order chi connectivity index (χ0) is 19.1. The van der Waals surface area contributed by atoms with Crippen LogP contribution in [0.15, 0.2) is 60.8 Å². The highest BCUT2D eigenvalue weighted by molar-refractivity contribution is 7.98. The number of carbonyl (C=O) groups excluding carboxylic acids is 1. The van der Waals surface area contributed by atoms with Crippen molar-refractivity contribution < 1.29 is 9.90 Å². The van der Waals surface area contributed by atoms with E-state index in [0.717, 1.165) is 11.3 Å². The quantitative estimate of drug-likeness (QED) is 0.617. The van der Waals surface area contributed by atoms with Gasteiger partial charge in [0, 0.05) is 18.1 Å². The Morgan fingerprint density at radius 3 is 2.70 bits per heavy atom. The number of thioether (sulfide) groups is 1. The van der Waals surface area contributed by atoms with Crippen LogP contribution in [0.2, 0.25) is 0 Å². The number of nitrogens with zero attached hydrogens (tertiary/aromatic N) is 3. The Hall–Kier alpha value is -3.24. The molecule has 1 amide bonds. The van der Waals surface area contributed by atoms with Crippen LogP contribution in [0.1, 0.15) is 21.6 Å². The van der Waals surface area contributed by atoms with E-state index >= 15 is 0 Å². The van der Waals surface area contributed by atoms with Crippen LogP contribution in [0.25, 0.3) is 5.69 Å². The molecular weight excluding hydrogens is 360 g/mol. The molecule has 7 heteroatoms. The molecule has 1 aromatic heterocycles. The minimum atomic E-state index is -0.416. The second-order valence-electron chi connectivity index (χ2n) is 5.72. The van der Waals surface area contributed by atoms with Gasteiger partial charge in [0.05, 0.1) is 23.5 Å². The maximum absolute atomic E-state index is 12.2. The molecule has 27 heavy (non-hydrogen) atoms. The molecule has 0 unspecified atom stereocenters. The van der Waals surface area contributed by atoms with Gasteiger partial charge in [0.25, 0.3) is 5.91 Å². The van der Waals surface area contributed by atoms with Gasteiger partial charge in [0.15, 0.2) is 11.4 Å². The zero-order valence-electron chi connectivity index (χ0n) is 14.5. The van der Waals surface area contributed by atoms with E-state index in [1.54, 1.807) is 17.8 Å². The molecule has 0 aliphatic heterocycles. The summed E-state index contributed by atoms with van der Waals surface area (Å²) in [5.41, 5.74) is 2.42. The molecule has 0 atom stereocenters. The van der Waals surface area contributed by atoms with E-state index in [2.05, 4.69) is 16.5 Å². The fraction of sp³-hybridized carbons (Fsp3) is 0.150. The fourth-order valence-corrected chi connectivity index (χ4v) is 3.36. The van der Waals surface area contributed by atoms with Gasteiger partial charge in [-0.2, -0.15) is 22.1 Å². The summed E-state index contributed by atoms with van der Waals surface area (Å²) < 4.78 is 1.47. The van der Waals surface area contributed by atoms with Gasteiger partial charge in [-0.1, -0.05) is 36.4 Å². The summed E-state index contributed by atoms with van der Waals surface area (Å²) >= 11 is 1.63. The van der Waals surface area contributed by atoms with E-state index in [1.807, 2.05) is 48.5 Å². The van der Waals surface area contributed by atoms with E-state index in [9.17, 15) is 9.90 Å².